The van der Waals surface area contributed by atoms with E-state index in [0.717, 1.165) is 28.9 Å². The summed E-state index contributed by atoms with van der Waals surface area (Å²) in [5, 5.41) is 7.47. The number of nitrogens with one attached hydrogen (secondary N) is 2. The van der Waals surface area contributed by atoms with Gasteiger partial charge in [0.05, 0.1) is 26.5 Å². The summed E-state index contributed by atoms with van der Waals surface area (Å²) >= 11 is 5.08. The third-order valence-corrected chi connectivity index (χ3v) is 4.41. The SMILES string of the molecule is C=CCNC(=S)NN=Cc1ccc(OCCCOc2c(C)cccc2C)c(OC)c1. The van der Waals surface area contributed by atoms with Crippen molar-refractivity contribution in [2.45, 2.75) is 20.3 Å². The van der Waals surface area contributed by atoms with E-state index in [-0.39, 0.29) is 0 Å². The quantitative estimate of drug-likeness (QED) is 0.185. The van der Waals surface area contributed by atoms with Crippen molar-refractivity contribution in [1.29, 1.82) is 0 Å². The fourth-order valence-electron chi connectivity index (χ4n) is 2.70. The number of para-hydroxylation sites is 1. The van der Waals surface area contributed by atoms with E-state index < -0.39 is 0 Å². The fraction of sp³-hybridized carbons (Fsp3) is 0.304. The van der Waals surface area contributed by atoms with Crippen molar-refractivity contribution in [3.8, 4) is 17.2 Å². The molecular weight excluding hydrogens is 398 g/mol. The Bertz CT molecular complexity index is 864. The van der Waals surface area contributed by atoms with Gasteiger partial charge >= 0.3 is 0 Å². The molecule has 0 aromatic heterocycles. The average molecular weight is 428 g/mol. The summed E-state index contributed by atoms with van der Waals surface area (Å²) in [5.74, 6) is 2.27. The highest BCUT2D eigenvalue weighted by Gasteiger charge is 2.06. The van der Waals surface area contributed by atoms with Crippen LogP contribution in [0.4, 0.5) is 0 Å². The predicted octanol–water partition coefficient (Wildman–Crippen LogP) is 4.14. The number of ether oxygens (including phenoxy) is 3. The van der Waals surface area contributed by atoms with Gasteiger partial charge in [-0.15, -0.1) is 6.58 Å². The highest BCUT2D eigenvalue weighted by Crippen LogP contribution is 2.28. The van der Waals surface area contributed by atoms with Gasteiger partial charge in [0.2, 0.25) is 0 Å². The molecule has 0 aliphatic carbocycles. The molecule has 0 bridgehead atoms. The maximum absolute atomic E-state index is 5.91. The standard InChI is InChI=1S/C23H29N3O3S/c1-5-12-24-23(30)26-25-16-19-10-11-20(21(15-19)27-4)28-13-7-14-29-22-17(2)8-6-9-18(22)3/h5-6,8-11,15-16H,1,7,12-14H2,2-4H3,(H2,24,26,30). The van der Waals surface area contributed by atoms with Crippen LogP contribution in [0.5, 0.6) is 17.2 Å². The van der Waals surface area contributed by atoms with Crippen molar-refractivity contribution in [2.24, 2.45) is 5.10 Å². The molecule has 0 unspecified atom stereocenters. The molecule has 7 heteroatoms. The number of nitrogens with zero attached hydrogens (tertiary/aromatic N) is 1. The van der Waals surface area contributed by atoms with Crippen molar-refractivity contribution in [3.05, 3.63) is 65.7 Å². The molecule has 0 atom stereocenters. The summed E-state index contributed by atoms with van der Waals surface area (Å²) in [6.45, 7) is 9.42. The molecular formula is C23H29N3O3S. The third-order valence-electron chi connectivity index (χ3n) is 4.18. The van der Waals surface area contributed by atoms with Crippen molar-refractivity contribution in [2.75, 3.05) is 26.9 Å². The first-order valence-corrected chi connectivity index (χ1v) is 10.1. The van der Waals surface area contributed by atoms with E-state index in [1.54, 1.807) is 19.4 Å². The van der Waals surface area contributed by atoms with Gasteiger partial charge in [-0.1, -0.05) is 24.3 Å². The van der Waals surface area contributed by atoms with Gasteiger partial charge in [0.25, 0.3) is 0 Å². The fourth-order valence-corrected chi connectivity index (χ4v) is 2.83. The lowest BCUT2D eigenvalue weighted by atomic mass is 10.1. The van der Waals surface area contributed by atoms with Gasteiger partial charge in [0, 0.05) is 13.0 Å². The van der Waals surface area contributed by atoms with Gasteiger partial charge in [-0.3, -0.25) is 5.43 Å². The Morgan fingerprint density at radius 3 is 2.53 bits per heavy atom. The number of hydrogen-bond acceptors (Lipinski definition) is 5. The first-order chi connectivity index (χ1) is 14.5. The largest absolute Gasteiger partial charge is 0.493 e. The molecule has 0 aliphatic rings. The molecule has 0 aliphatic heterocycles. The molecule has 0 radical (unpaired) electrons. The number of aryl methyl sites for hydroxylation is 2. The molecule has 2 N–H and O–H groups in total. The second kappa shape index (κ2) is 12.5. The van der Waals surface area contributed by atoms with Gasteiger partial charge in [-0.2, -0.15) is 5.10 Å². The molecule has 0 fully saturated rings. The molecule has 6 nitrogen and oxygen atoms in total. The van der Waals surface area contributed by atoms with E-state index in [2.05, 4.69) is 48.4 Å². The minimum Gasteiger partial charge on any atom is -0.493 e. The minimum absolute atomic E-state index is 0.432. The molecule has 0 amide bonds. The van der Waals surface area contributed by atoms with Crippen LogP contribution in [0.3, 0.4) is 0 Å². The lowest BCUT2D eigenvalue weighted by molar-refractivity contribution is 0.239. The lowest BCUT2D eigenvalue weighted by Gasteiger charge is -2.13. The van der Waals surface area contributed by atoms with Gasteiger partial charge in [0.1, 0.15) is 5.75 Å². The van der Waals surface area contributed by atoms with Crippen molar-refractivity contribution >= 4 is 23.5 Å². The van der Waals surface area contributed by atoms with E-state index in [1.807, 2.05) is 24.3 Å². The molecule has 0 saturated heterocycles. The zero-order valence-electron chi connectivity index (χ0n) is 17.7. The summed E-state index contributed by atoms with van der Waals surface area (Å²) in [4.78, 5) is 0. The first-order valence-electron chi connectivity index (χ1n) is 9.72. The minimum atomic E-state index is 0.432. The second-order valence-electron chi connectivity index (χ2n) is 6.55. The Labute approximate surface area is 183 Å². The Hall–Kier alpha value is -3.06. The van der Waals surface area contributed by atoms with Crippen molar-refractivity contribution in [3.63, 3.8) is 0 Å². The summed E-state index contributed by atoms with van der Waals surface area (Å²) in [7, 11) is 1.61. The highest BCUT2D eigenvalue weighted by atomic mass is 32.1. The van der Waals surface area contributed by atoms with Crippen LogP contribution in [0, 0.1) is 13.8 Å². The van der Waals surface area contributed by atoms with Crippen LogP contribution >= 0.6 is 12.2 Å². The molecule has 0 saturated carbocycles. The second-order valence-corrected chi connectivity index (χ2v) is 6.96. The monoisotopic (exact) mass is 427 g/mol. The molecule has 2 aromatic rings. The summed E-state index contributed by atoms with van der Waals surface area (Å²) in [6.07, 6.45) is 4.14. The number of thiocarbonyl (C=S) groups is 1. The molecule has 2 aromatic carbocycles. The Kier molecular flexibility index (Phi) is 9.67. The van der Waals surface area contributed by atoms with E-state index in [0.29, 0.717) is 36.4 Å². The summed E-state index contributed by atoms with van der Waals surface area (Å²) in [5.41, 5.74) is 5.88. The van der Waals surface area contributed by atoms with Gasteiger partial charge in [-0.05, 0) is 61.0 Å². The highest BCUT2D eigenvalue weighted by molar-refractivity contribution is 7.80. The Balaban J connectivity index is 1.82. The van der Waals surface area contributed by atoms with Crippen LogP contribution < -0.4 is 25.0 Å². The number of methoxy groups -OCH3 is 1. The van der Waals surface area contributed by atoms with Crippen molar-refractivity contribution < 1.29 is 14.2 Å². The zero-order valence-corrected chi connectivity index (χ0v) is 18.6. The van der Waals surface area contributed by atoms with Gasteiger partial charge in [0.15, 0.2) is 16.6 Å². The number of benzene rings is 2. The van der Waals surface area contributed by atoms with Crippen LogP contribution in [0.1, 0.15) is 23.1 Å². The molecule has 30 heavy (non-hydrogen) atoms. The normalized spacial score (nSPS) is 10.5. The van der Waals surface area contributed by atoms with Crippen LogP contribution in [-0.2, 0) is 0 Å². The van der Waals surface area contributed by atoms with Crippen LogP contribution in [-0.4, -0.2) is 38.2 Å². The lowest BCUT2D eigenvalue weighted by Crippen LogP contribution is -2.31. The van der Waals surface area contributed by atoms with Crippen molar-refractivity contribution in [1.82, 2.24) is 10.7 Å². The van der Waals surface area contributed by atoms with Crippen LogP contribution in [0.2, 0.25) is 0 Å². The third kappa shape index (κ3) is 7.40. The maximum atomic E-state index is 5.91. The number of hydrazone groups is 1. The summed E-state index contributed by atoms with van der Waals surface area (Å²) < 4.78 is 17.2. The molecule has 0 spiro atoms. The Morgan fingerprint density at radius 2 is 1.83 bits per heavy atom. The molecule has 0 heterocycles. The zero-order chi connectivity index (χ0) is 21.8. The van der Waals surface area contributed by atoms with Gasteiger partial charge < -0.3 is 19.5 Å². The topological polar surface area (TPSA) is 64.1 Å². The van der Waals surface area contributed by atoms with E-state index >= 15 is 0 Å². The van der Waals surface area contributed by atoms with Crippen LogP contribution in [0.15, 0.2) is 54.2 Å². The van der Waals surface area contributed by atoms with E-state index in [9.17, 15) is 0 Å². The van der Waals surface area contributed by atoms with E-state index in [1.165, 1.54) is 0 Å². The number of hydrogen-bond donors (Lipinski definition) is 2. The molecule has 160 valence electrons. The predicted molar refractivity (Wildman–Crippen MR) is 126 cm³/mol. The Morgan fingerprint density at radius 1 is 1.10 bits per heavy atom. The maximum Gasteiger partial charge on any atom is 0.187 e. The smallest absolute Gasteiger partial charge is 0.187 e. The molecule has 2 rings (SSSR count). The number of rotatable bonds is 11. The van der Waals surface area contributed by atoms with Crippen LogP contribution in [0.25, 0.3) is 0 Å². The van der Waals surface area contributed by atoms with E-state index in [4.69, 9.17) is 26.4 Å². The first kappa shape index (κ1) is 23.2. The summed E-state index contributed by atoms with van der Waals surface area (Å²) in [6, 6.07) is 11.8. The van der Waals surface area contributed by atoms with Gasteiger partial charge in [-0.25, -0.2) is 0 Å². The average Bonchev–Trinajstić information content (AvgIpc) is 2.74.